The second-order valence-electron chi connectivity index (χ2n) is 11.3. The first-order valence-electron chi connectivity index (χ1n) is 15.7. The Bertz CT molecular complexity index is 2230. The van der Waals surface area contributed by atoms with Gasteiger partial charge in [0.05, 0.1) is 25.9 Å². The van der Waals surface area contributed by atoms with Gasteiger partial charge in [0.2, 0.25) is 0 Å². The van der Waals surface area contributed by atoms with E-state index in [4.69, 9.17) is 14.2 Å². The Hall–Kier alpha value is -7.82. The van der Waals surface area contributed by atoms with Crippen molar-refractivity contribution in [1.29, 1.82) is 0 Å². The van der Waals surface area contributed by atoms with E-state index >= 15 is 0 Å². The first-order valence-corrected chi connectivity index (χ1v) is 15.7. The second-order valence-corrected chi connectivity index (χ2v) is 11.3. The van der Waals surface area contributed by atoms with Crippen molar-refractivity contribution in [3.63, 3.8) is 0 Å². The van der Waals surface area contributed by atoms with Crippen molar-refractivity contribution < 1.29 is 48.2 Å². The van der Waals surface area contributed by atoms with Gasteiger partial charge in [0, 0.05) is 48.4 Å². The van der Waals surface area contributed by atoms with E-state index in [1.54, 1.807) is 30.3 Å². The standard InChI is InChI=1S/C37H26N4O13/c42-34(25-7-13-28(14-8-25)39(46)47)38-31(37(45)52-22-23-4-2-1-3-5-23)20-24-6-19-32(53-35(43)26-9-15-29(16-10-26)40(48)49)33(21-24)54-36(44)27-11-17-30(18-12-27)41(50)51/h1-19,21,31H,20,22H2,(H,38,42)/t31-/m0/s1. The molecule has 54 heavy (non-hydrogen) atoms. The smallest absolute Gasteiger partial charge is 0.343 e. The number of hydrogen-bond donors (Lipinski definition) is 1. The zero-order chi connectivity index (χ0) is 38.8. The van der Waals surface area contributed by atoms with Gasteiger partial charge < -0.3 is 19.5 Å². The van der Waals surface area contributed by atoms with Crippen molar-refractivity contribution in [1.82, 2.24) is 5.32 Å². The van der Waals surface area contributed by atoms with Crippen LogP contribution in [0.3, 0.4) is 0 Å². The van der Waals surface area contributed by atoms with Crippen molar-refractivity contribution in [2.24, 2.45) is 0 Å². The van der Waals surface area contributed by atoms with E-state index in [0.717, 1.165) is 60.7 Å². The maximum Gasteiger partial charge on any atom is 0.343 e. The van der Waals surface area contributed by atoms with E-state index in [1.165, 1.54) is 30.3 Å². The number of nitro benzene ring substituents is 3. The zero-order valence-electron chi connectivity index (χ0n) is 27.7. The summed E-state index contributed by atoms with van der Waals surface area (Å²) in [6.07, 6.45) is -0.259. The highest BCUT2D eigenvalue weighted by molar-refractivity contribution is 5.97. The lowest BCUT2D eigenvalue weighted by atomic mass is 10.0. The first kappa shape index (κ1) is 37.4. The highest BCUT2D eigenvalue weighted by atomic mass is 16.6. The molecule has 0 spiro atoms. The van der Waals surface area contributed by atoms with Crippen LogP contribution in [0.5, 0.6) is 11.5 Å². The van der Waals surface area contributed by atoms with E-state index in [2.05, 4.69) is 5.32 Å². The van der Waals surface area contributed by atoms with Gasteiger partial charge in [-0.2, -0.15) is 0 Å². The Morgan fingerprint density at radius 3 is 1.50 bits per heavy atom. The molecule has 5 aromatic rings. The maximum atomic E-state index is 13.4. The minimum Gasteiger partial charge on any atom is -0.459 e. The molecule has 17 heteroatoms. The third kappa shape index (κ3) is 9.69. The predicted octanol–water partition coefficient (Wildman–Crippen LogP) is 5.93. The van der Waals surface area contributed by atoms with Crippen LogP contribution in [0, 0.1) is 30.3 Å². The molecule has 0 saturated carbocycles. The zero-order valence-corrected chi connectivity index (χ0v) is 27.7. The van der Waals surface area contributed by atoms with Crippen molar-refractivity contribution in [3.05, 3.63) is 179 Å². The van der Waals surface area contributed by atoms with Crippen LogP contribution in [0.1, 0.15) is 42.2 Å². The van der Waals surface area contributed by atoms with Crippen molar-refractivity contribution >= 4 is 40.9 Å². The van der Waals surface area contributed by atoms with Crippen LogP contribution in [0.25, 0.3) is 0 Å². The average Bonchev–Trinajstić information content (AvgIpc) is 3.18. The second kappa shape index (κ2) is 16.9. The van der Waals surface area contributed by atoms with Crippen LogP contribution in [-0.2, 0) is 22.6 Å². The molecule has 0 fully saturated rings. The number of nitrogens with zero attached hydrogens (tertiary/aromatic N) is 3. The minimum atomic E-state index is -1.36. The van der Waals surface area contributed by atoms with Crippen molar-refractivity contribution in [2.45, 2.75) is 19.1 Å². The molecule has 0 aromatic heterocycles. The topological polar surface area (TPSA) is 237 Å². The summed E-state index contributed by atoms with van der Waals surface area (Å²) in [5.41, 5.74) is -0.0568. The molecule has 272 valence electrons. The van der Waals surface area contributed by atoms with Crippen LogP contribution in [0.4, 0.5) is 17.1 Å². The van der Waals surface area contributed by atoms with Gasteiger partial charge in [0.1, 0.15) is 12.6 Å². The van der Waals surface area contributed by atoms with Crippen molar-refractivity contribution in [3.8, 4) is 11.5 Å². The molecule has 0 saturated heterocycles. The number of carbonyl (C=O) groups excluding carboxylic acids is 4. The van der Waals surface area contributed by atoms with E-state index in [-0.39, 0.29) is 63.8 Å². The van der Waals surface area contributed by atoms with Gasteiger partial charge in [0.25, 0.3) is 23.0 Å². The number of benzene rings is 5. The number of nitro groups is 3. The fourth-order valence-electron chi connectivity index (χ4n) is 4.83. The van der Waals surface area contributed by atoms with E-state index < -0.39 is 44.6 Å². The number of nitrogens with one attached hydrogen (secondary N) is 1. The van der Waals surface area contributed by atoms with Crippen LogP contribution >= 0.6 is 0 Å². The number of hydrogen-bond acceptors (Lipinski definition) is 13. The first-order chi connectivity index (χ1) is 25.9. The Morgan fingerprint density at radius 2 is 1.02 bits per heavy atom. The summed E-state index contributed by atoms with van der Waals surface area (Å²) in [4.78, 5) is 84.1. The largest absolute Gasteiger partial charge is 0.459 e. The van der Waals surface area contributed by atoms with Crippen LogP contribution in [-0.4, -0.2) is 44.6 Å². The Morgan fingerprint density at radius 1 is 0.556 bits per heavy atom. The molecule has 0 bridgehead atoms. The molecule has 0 unspecified atom stereocenters. The van der Waals surface area contributed by atoms with Gasteiger partial charge in [-0.15, -0.1) is 0 Å². The number of ether oxygens (including phenoxy) is 3. The average molecular weight is 735 g/mol. The summed E-state index contributed by atoms with van der Waals surface area (Å²) in [7, 11) is 0. The van der Waals surface area contributed by atoms with Gasteiger partial charge in [0.15, 0.2) is 11.5 Å². The lowest BCUT2D eigenvalue weighted by Crippen LogP contribution is -2.43. The SMILES string of the molecule is O=C(N[C@@H](Cc1ccc(OC(=O)c2ccc([N+](=O)[O-])cc2)c(OC(=O)c2ccc([N+](=O)[O-])cc2)c1)C(=O)OCc1ccccc1)c1ccc([N+](=O)[O-])cc1. The summed E-state index contributed by atoms with van der Waals surface area (Å²) < 4.78 is 16.5. The third-order valence-electron chi connectivity index (χ3n) is 7.63. The summed E-state index contributed by atoms with van der Waals surface area (Å²) in [5, 5.41) is 35.8. The molecule has 0 radical (unpaired) electrons. The molecule has 1 N–H and O–H groups in total. The fraction of sp³-hybridized carbons (Fsp3) is 0.0811. The van der Waals surface area contributed by atoms with Crippen molar-refractivity contribution in [2.75, 3.05) is 0 Å². The van der Waals surface area contributed by atoms with Gasteiger partial charge in [-0.3, -0.25) is 35.1 Å². The molecule has 1 atom stereocenters. The Labute approximate surface area is 304 Å². The molecule has 0 heterocycles. The quantitative estimate of drug-likeness (QED) is 0.0603. The van der Waals surface area contributed by atoms with Crippen LogP contribution < -0.4 is 14.8 Å². The number of non-ortho nitro benzene ring substituents is 3. The lowest BCUT2D eigenvalue weighted by molar-refractivity contribution is -0.385. The van der Waals surface area contributed by atoms with E-state index in [1.807, 2.05) is 0 Å². The molecule has 17 nitrogen and oxygen atoms in total. The summed E-state index contributed by atoms with van der Waals surface area (Å²) >= 11 is 0. The van der Waals surface area contributed by atoms with E-state index in [9.17, 15) is 49.5 Å². The molecule has 0 aliphatic rings. The molecular weight excluding hydrogens is 708 g/mol. The molecule has 0 aliphatic heterocycles. The highest BCUT2D eigenvalue weighted by Gasteiger charge is 2.26. The molecule has 1 amide bonds. The lowest BCUT2D eigenvalue weighted by Gasteiger charge is -2.19. The van der Waals surface area contributed by atoms with E-state index in [0.29, 0.717) is 5.56 Å². The van der Waals surface area contributed by atoms with Gasteiger partial charge in [-0.25, -0.2) is 14.4 Å². The summed E-state index contributed by atoms with van der Waals surface area (Å²) in [5.74, 6) is -4.19. The number of amides is 1. The van der Waals surface area contributed by atoms with Gasteiger partial charge in [-0.1, -0.05) is 36.4 Å². The fourth-order valence-corrected chi connectivity index (χ4v) is 4.83. The monoisotopic (exact) mass is 734 g/mol. The Kier molecular flexibility index (Phi) is 11.7. The minimum absolute atomic E-state index is 0.00711. The molecule has 5 rings (SSSR count). The molecule has 0 aliphatic carbocycles. The molecular formula is C37H26N4O13. The third-order valence-corrected chi connectivity index (χ3v) is 7.63. The maximum absolute atomic E-state index is 13.4. The van der Waals surface area contributed by atoms with Gasteiger partial charge >= 0.3 is 17.9 Å². The van der Waals surface area contributed by atoms with Gasteiger partial charge in [-0.05, 0) is 59.7 Å². The van der Waals surface area contributed by atoms with Crippen LogP contribution in [0.2, 0.25) is 0 Å². The molecule has 5 aromatic carbocycles. The number of carbonyl (C=O) groups is 4. The summed E-state index contributed by atoms with van der Waals surface area (Å²) in [6.45, 7) is -0.140. The number of esters is 3. The summed E-state index contributed by atoms with van der Waals surface area (Å²) in [6, 6.07) is 24.9. The highest BCUT2D eigenvalue weighted by Crippen LogP contribution is 2.31. The van der Waals surface area contributed by atoms with Crippen LogP contribution in [0.15, 0.2) is 121 Å². The number of rotatable bonds is 14. The predicted molar refractivity (Wildman–Crippen MR) is 187 cm³/mol. The Balaban J connectivity index is 1.44. The normalized spacial score (nSPS) is 11.0.